The molecule has 106 valence electrons. The van der Waals surface area contributed by atoms with E-state index in [4.69, 9.17) is 5.73 Å². The van der Waals surface area contributed by atoms with Crippen LogP contribution in [0, 0.1) is 11.6 Å². The van der Waals surface area contributed by atoms with Crippen molar-refractivity contribution in [1.82, 2.24) is 4.98 Å². The monoisotopic (exact) mass is 303 g/mol. The van der Waals surface area contributed by atoms with Gasteiger partial charge in [-0.3, -0.25) is 0 Å². The van der Waals surface area contributed by atoms with Crippen molar-refractivity contribution in [1.29, 1.82) is 0 Å². The zero-order valence-electron chi connectivity index (χ0n) is 10.8. The van der Waals surface area contributed by atoms with Gasteiger partial charge in [-0.05, 0) is 24.3 Å². The van der Waals surface area contributed by atoms with E-state index < -0.39 is 11.6 Å². The molecule has 0 aliphatic rings. The van der Waals surface area contributed by atoms with Crippen LogP contribution in [-0.2, 0) is 0 Å². The summed E-state index contributed by atoms with van der Waals surface area (Å²) in [5.74, 6) is -1.77. The number of benzene rings is 2. The predicted molar refractivity (Wildman–Crippen MR) is 81.6 cm³/mol. The van der Waals surface area contributed by atoms with Crippen molar-refractivity contribution in [3.05, 3.63) is 59.5 Å². The number of thiazole rings is 1. The molecule has 21 heavy (non-hydrogen) atoms. The van der Waals surface area contributed by atoms with E-state index in [-0.39, 0.29) is 0 Å². The highest BCUT2D eigenvalue weighted by Gasteiger charge is 2.07. The first-order chi connectivity index (χ1) is 10.1. The van der Waals surface area contributed by atoms with Gasteiger partial charge in [-0.1, -0.05) is 12.1 Å². The lowest BCUT2D eigenvalue weighted by molar-refractivity contribution is 0.509. The fourth-order valence-electron chi connectivity index (χ4n) is 1.86. The fourth-order valence-corrected chi connectivity index (χ4v) is 2.60. The highest BCUT2D eigenvalue weighted by Crippen LogP contribution is 2.28. The topological polar surface area (TPSA) is 50.9 Å². The van der Waals surface area contributed by atoms with Crippen LogP contribution in [0.1, 0.15) is 0 Å². The van der Waals surface area contributed by atoms with Gasteiger partial charge in [0.1, 0.15) is 0 Å². The van der Waals surface area contributed by atoms with Crippen molar-refractivity contribution in [3.63, 3.8) is 0 Å². The molecule has 0 saturated heterocycles. The molecule has 0 fully saturated rings. The van der Waals surface area contributed by atoms with Crippen LogP contribution in [0.5, 0.6) is 0 Å². The van der Waals surface area contributed by atoms with Gasteiger partial charge in [-0.2, -0.15) is 0 Å². The van der Waals surface area contributed by atoms with E-state index in [0.717, 1.165) is 23.4 Å². The number of nitrogens with one attached hydrogen (secondary N) is 1. The molecular formula is C15H11F2N3S. The van der Waals surface area contributed by atoms with Crippen LogP contribution in [0.2, 0.25) is 0 Å². The molecule has 3 aromatic rings. The van der Waals surface area contributed by atoms with Crippen LogP contribution in [0.15, 0.2) is 47.8 Å². The molecule has 0 atom stereocenters. The van der Waals surface area contributed by atoms with Gasteiger partial charge in [0.15, 0.2) is 16.8 Å². The van der Waals surface area contributed by atoms with Crippen LogP contribution < -0.4 is 11.1 Å². The van der Waals surface area contributed by atoms with E-state index in [2.05, 4.69) is 10.3 Å². The van der Waals surface area contributed by atoms with Gasteiger partial charge in [0, 0.05) is 28.4 Å². The molecule has 0 saturated carbocycles. The summed E-state index contributed by atoms with van der Waals surface area (Å²) in [6.07, 6.45) is 0. The Morgan fingerprint density at radius 2 is 1.90 bits per heavy atom. The summed E-state index contributed by atoms with van der Waals surface area (Å²) in [7, 11) is 0. The number of nitrogens with two attached hydrogens (primary N) is 1. The van der Waals surface area contributed by atoms with Gasteiger partial charge >= 0.3 is 0 Å². The van der Waals surface area contributed by atoms with Crippen molar-refractivity contribution < 1.29 is 8.78 Å². The minimum Gasteiger partial charge on any atom is -0.399 e. The average molecular weight is 303 g/mol. The summed E-state index contributed by atoms with van der Waals surface area (Å²) in [4.78, 5) is 4.40. The predicted octanol–water partition coefficient (Wildman–Crippen LogP) is 4.41. The third-order valence-electron chi connectivity index (χ3n) is 2.86. The van der Waals surface area contributed by atoms with Crippen molar-refractivity contribution in [3.8, 4) is 11.3 Å². The average Bonchev–Trinajstić information content (AvgIpc) is 2.91. The molecule has 0 unspecified atom stereocenters. The largest absolute Gasteiger partial charge is 0.399 e. The van der Waals surface area contributed by atoms with Gasteiger partial charge in [0.05, 0.1) is 5.69 Å². The molecule has 0 spiro atoms. The first-order valence-corrected chi connectivity index (χ1v) is 7.03. The van der Waals surface area contributed by atoms with Gasteiger partial charge in [0.25, 0.3) is 0 Å². The SMILES string of the molecule is Nc1cccc(-c2csc(Nc3ccc(F)c(F)c3)n2)c1. The van der Waals surface area contributed by atoms with Crippen molar-refractivity contribution in [2.75, 3.05) is 11.1 Å². The lowest BCUT2D eigenvalue weighted by Crippen LogP contribution is -1.92. The molecule has 0 amide bonds. The van der Waals surface area contributed by atoms with Crippen LogP contribution in [-0.4, -0.2) is 4.98 Å². The first-order valence-electron chi connectivity index (χ1n) is 6.15. The summed E-state index contributed by atoms with van der Waals surface area (Å²) < 4.78 is 26.0. The normalized spacial score (nSPS) is 10.6. The smallest absolute Gasteiger partial charge is 0.187 e. The lowest BCUT2D eigenvalue weighted by atomic mass is 10.1. The standard InChI is InChI=1S/C15H11F2N3S/c16-12-5-4-11(7-13(12)17)19-15-20-14(8-21-15)9-2-1-3-10(18)6-9/h1-8H,18H2,(H,19,20). The highest BCUT2D eigenvalue weighted by atomic mass is 32.1. The second kappa shape index (κ2) is 5.49. The highest BCUT2D eigenvalue weighted by molar-refractivity contribution is 7.14. The Labute approximate surface area is 124 Å². The maximum atomic E-state index is 13.2. The molecule has 3 nitrogen and oxygen atoms in total. The van der Waals surface area contributed by atoms with E-state index in [1.165, 1.54) is 17.4 Å². The number of halogens is 2. The maximum Gasteiger partial charge on any atom is 0.187 e. The molecule has 0 bridgehead atoms. The van der Waals surface area contributed by atoms with Crippen LogP contribution in [0.4, 0.5) is 25.3 Å². The van der Waals surface area contributed by atoms with Gasteiger partial charge in [-0.15, -0.1) is 11.3 Å². The molecule has 2 aromatic carbocycles. The van der Waals surface area contributed by atoms with Crippen molar-refractivity contribution in [2.45, 2.75) is 0 Å². The van der Waals surface area contributed by atoms with Gasteiger partial charge in [0.2, 0.25) is 0 Å². The molecule has 3 rings (SSSR count). The number of aromatic nitrogens is 1. The molecular weight excluding hydrogens is 292 g/mol. The summed E-state index contributed by atoms with van der Waals surface area (Å²) in [5.41, 5.74) is 8.53. The lowest BCUT2D eigenvalue weighted by Gasteiger charge is -2.03. The molecule has 1 heterocycles. The van der Waals surface area contributed by atoms with Gasteiger partial charge in [-0.25, -0.2) is 13.8 Å². The Balaban J connectivity index is 1.83. The van der Waals surface area contributed by atoms with Crippen molar-refractivity contribution in [2.24, 2.45) is 0 Å². The Morgan fingerprint density at radius 1 is 1.05 bits per heavy atom. The number of hydrogen-bond donors (Lipinski definition) is 2. The zero-order valence-corrected chi connectivity index (χ0v) is 11.6. The molecule has 6 heteroatoms. The van der Waals surface area contributed by atoms with E-state index in [1.54, 1.807) is 6.07 Å². The van der Waals surface area contributed by atoms with Crippen LogP contribution in [0.25, 0.3) is 11.3 Å². The minimum absolute atomic E-state index is 0.447. The Hall–Kier alpha value is -2.47. The summed E-state index contributed by atoms with van der Waals surface area (Å²) in [6.45, 7) is 0. The molecule has 1 aromatic heterocycles. The molecule has 0 aliphatic carbocycles. The van der Waals surface area contributed by atoms with Crippen LogP contribution in [0.3, 0.4) is 0 Å². The van der Waals surface area contributed by atoms with E-state index in [0.29, 0.717) is 16.5 Å². The fraction of sp³-hybridized carbons (Fsp3) is 0. The number of nitrogens with zero attached hydrogens (tertiary/aromatic N) is 1. The van der Waals surface area contributed by atoms with Crippen LogP contribution >= 0.6 is 11.3 Å². The number of anilines is 3. The number of rotatable bonds is 3. The number of nitrogen functional groups attached to an aromatic ring is 1. The quantitative estimate of drug-likeness (QED) is 0.704. The van der Waals surface area contributed by atoms with E-state index in [1.807, 2.05) is 23.6 Å². The third-order valence-corrected chi connectivity index (χ3v) is 3.62. The third kappa shape index (κ3) is 3.00. The minimum atomic E-state index is -0.896. The van der Waals surface area contributed by atoms with E-state index >= 15 is 0 Å². The van der Waals surface area contributed by atoms with E-state index in [9.17, 15) is 8.78 Å². The number of hydrogen-bond acceptors (Lipinski definition) is 4. The van der Waals surface area contributed by atoms with Gasteiger partial charge < -0.3 is 11.1 Å². The Bertz CT molecular complexity index is 786. The van der Waals surface area contributed by atoms with Crippen molar-refractivity contribution >= 4 is 27.8 Å². The second-order valence-electron chi connectivity index (χ2n) is 4.42. The zero-order chi connectivity index (χ0) is 14.8. The molecule has 0 radical (unpaired) electrons. The summed E-state index contributed by atoms with van der Waals surface area (Å²) in [5, 5.41) is 5.41. The Kier molecular flexibility index (Phi) is 3.53. The summed E-state index contributed by atoms with van der Waals surface area (Å²) in [6, 6.07) is 11.0. The molecule has 3 N–H and O–H groups in total. The Morgan fingerprint density at radius 3 is 2.67 bits per heavy atom. The first kappa shape index (κ1) is 13.5. The maximum absolute atomic E-state index is 13.2. The molecule has 0 aliphatic heterocycles. The summed E-state index contributed by atoms with van der Waals surface area (Å²) >= 11 is 1.38. The second-order valence-corrected chi connectivity index (χ2v) is 5.28.